The quantitative estimate of drug-likeness (QED) is 0.557. The van der Waals surface area contributed by atoms with Crippen molar-refractivity contribution in [1.29, 1.82) is 5.26 Å². The Balaban J connectivity index is 3.66. The topological polar surface area (TPSA) is 49.8 Å². The van der Waals surface area contributed by atoms with Crippen LogP contribution in [0.4, 0.5) is 17.6 Å². The summed E-state index contributed by atoms with van der Waals surface area (Å²) in [5.74, 6) is -6.68. The second kappa shape index (κ2) is 3.64. The summed E-state index contributed by atoms with van der Waals surface area (Å²) in [4.78, 5) is 0. The minimum Gasteiger partial charge on any atom is -0.326 e. The van der Waals surface area contributed by atoms with Crippen molar-refractivity contribution >= 4 is 0 Å². The highest BCUT2D eigenvalue weighted by Gasteiger charge is 2.24. The molecule has 0 saturated heterocycles. The fourth-order valence-corrected chi connectivity index (χ4v) is 0.955. The molecule has 0 amide bonds. The predicted octanol–water partition coefficient (Wildman–Crippen LogP) is 1.57. The summed E-state index contributed by atoms with van der Waals surface area (Å²) >= 11 is 0. The van der Waals surface area contributed by atoms with Crippen LogP contribution in [0.3, 0.4) is 0 Å². The molecular formula is C8H4F4N2. The summed E-state index contributed by atoms with van der Waals surface area (Å²) in [7, 11) is 0. The van der Waals surface area contributed by atoms with Crippen molar-refractivity contribution in [1.82, 2.24) is 0 Å². The summed E-state index contributed by atoms with van der Waals surface area (Å²) in [5, 5.41) is 8.22. The van der Waals surface area contributed by atoms with Gasteiger partial charge in [0.05, 0.1) is 0 Å². The molecule has 0 saturated carbocycles. The van der Waals surface area contributed by atoms with Crippen LogP contribution in [0.15, 0.2) is 0 Å². The minimum absolute atomic E-state index is 0.683. The lowest BCUT2D eigenvalue weighted by Gasteiger charge is -2.05. The molecule has 0 radical (unpaired) electrons. The minimum atomic E-state index is -1.72. The number of nitrogens with two attached hydrogens (primary N) is 1. The van der Waals surface area contributed by atoms with Gasteiger partial charge in [-0.05, 0) is 0 Å². The highest BCUT2D eigenvalue weighted by atomic mass is 19.2. The van der Waals surface area contributed by atoms with Crippen LogP contribution in [0.25, 0.3) is 0 Å². The van der Waals surface area contributed by atoms with Crippen LogP contribution in [-0.4, -0.2) is 0 Å². The van der Waals surface area contributed by atoms with Gasteiger partial charge in [0.1, 0.15) is 11.6 Å². The molecule has 0 aliphatic rings. The second-order valence-corrected chi connectivity index (χ2v) is 2.43. The van der Waals surface area contributed by atoms with Crippen LogP contribution in [0.2, 0.25) is 0 Å². The molecule has 0 unspecified atom stereocenters. The molecule has 1 aromatic carbocycles. The molecule has 1 rings (SSSR count). The van der Waals surface area contributed by atoms with Gasteiger partial charge >= 0.3 is 0 Å². The van der Waals surface area contributed by atoms with Crippen molar-refractivity contribution in [3.05, 3.63) is 34.4 Å². The van der Waals surface area contributed by atoms with Gasteiger partial charge in [-0.1, -0.05) is 0 Å². The van der Waals surface area contributed by atoms with Crippen LogP contribution in [0, 0.1) is 34.6 Å². The maximum Gasteiger partial charge on any atom is 0.180 e. The third kappa shape index (κ3) is 1.32. The number of rotatable bonds is 1. The molecule has 6 heteroatoms. The van der Waals surface area contributed by atoms with E-state index >= 15 is 0 Å². The summed E-state index contributed by atoms with van der Waals surface area (Å²) < 4.78 is 51.4. The molecule has 0 bridgehead atoms. The Morgan fingerprint density at radius 3 is 1.71 bits per heavy atom. The number of nitrogens with zero attached hydrogens (tertiary/aromatic N) is 1. The van der Waals surface area contributed by atoms with E-state index in [2.05, 4.69) is 0 Å². The number of hydrogen-bond acceptors (Lipinski definition) is 2. The number of nitriles is 1. The molecule has 74 valence electrons. The van der Waals surface area contributed by atoms with Gasteiger partial charge in [0.25, 0.3) is 0 Å². The zero-order valence-corrected chi connectivity index (χ0v) is 6.74. The maximum atomic E-state index is 12.9. The van der Waals surface area contributed by atoms with Crippen molar-refractivity contribution < 1.29 is 17.6 Å². The predicted molar refractivity (Wildman–Crippen MR) is 38.9 cm³/mol. The lowest BCUT2D eigenvalue weighted by Crippen LogP contribution is -2.10. The fraction of sp³-hybridized carbons (Fsp3) is 0.125. The SMILES string of the molecule is N#Cc1c(F)c(F)c(CN)c(F)c1F. The molecule has 2 nitrogen and oxygen atoms in total. The summed E-state index contributed by atoms with van der Waals surface area (Å²) in [6.45, 7) is -0.683. The van der Waals surface area contributed by atoms with Gasteiger partial charge in [0.15, 0.2) is 23.3 Å². The van der Waals surface area contributed by atoms with E-state index in [1.54, 1.807) is 0 Å². The molecular weight excluding hydrogens is 200 g/mol. The summed E-state index contributed by atoms with van der Waals surface area (Å²) in [6.07, 6.45) is 0. The molecule has 14 heavy (non-hydrogen) atoms. The summed E-state index contributed by atoms with van der Waals surface area (Å²) in [6, 6.07) is 1.03. The Bertz CT molecular complexity index is 386. The van der Waals surface area contributed by atoms with E-state index in [1.807, 2.05) is 0 Å². The maximum absolute atomic E-state index is 12.9. The van der Waals surface area contributed by atoms with E-state index in [0.717, 1.165) is 6.07 Å². The van der Waals surface area contributed by atoms with Crippen molar-refractivity contribution in [2.45, 2.75) is 6.54 Å². The van der Waals surface area contributed by atoms with Gasteiger partial charge in [-0.25, -0.2) is 17.6 Å². The van der Waals surface area contributed by atoms with Crippen molar-refractivity contribution in [3.63, 3.8) is 0 Å². The van der Waals surface area contributed by atoms with E-state index in [9.17, 15) is 17.6 Å². The van der Waals surface area contributed by atoms with E-state index in [1.165, 1.54) is 0 Å². The lowest BCUT2D eigenvalue weighted by molar-refractivity contribution is 0.436. The molecule has 0 fully saturated rings. The Morgan fingerprint density at radius 2 is 1.43 bits per heavy atom. The number of hydrogen-bond donors (Lipinski definition) is 1. The van der Waals surface area contributed by atoms with Crippen molar-refractivity contribution in [2.75, 3.05) is 0 Å². The lowest BCUT2D eigenvalue weighted by atomic mass is 10.1. The Kier molecular flexibility index (Phi) is 2.72. The molecule has 2 N–H and O–H groups in total. The number of benzene rings is 1. The van der Waals surface area contributed by atoms with Crippen LogP contribution >= 0.6 is 0 Å². The van der Waals surface area contributed by atoms with Gasteiger partial charge in [0.2, 0.25) is 0 Å². The molecule has 0 heterocycles. The first-order valence-corrected chi connectivity index (χ1v) is 3.49. The van der Waals surface area contributed by atoms with Crippen LogP contribution < -0.4 is 5.73 Å². The monoisotopic (exact) mass is 204 g/mol. The molecule has 0 aliphatic heterocycles. The van der Waals surface area contributed by atoms with Gasteiger partial charge in [0, 0.05) is 12.1 Å². The molecule has 0 aromatic heterocycles. The van der Waals surface area contributed by atoms with Gasteiger partial charge < -0.3 is 5.73 Å². The zero-order valence-electron chi connectivity index (χ0n) is 6.74. The van der Waals surface area contributed by atoms with E-state index in [4.69, 9.17) is 11.0 Å². The smallest absolute Gasteiger partial charge is 0.180 e. The summed E-state index contributed by atoms with van der Waals surface area (Å²) in [5.41, 5.74) is 2.70. The second-order valence-electron chi connectivity index (χ2n) is 2.43. The average Bonchev–Trinajstić information content (AvgIpc) is 2.17. The normalized spacial score (nSPS) is 10.0. The van der Waals surface area contributed by atoms with Gasteiger partial charge in [-0.3, -0.25) is 0 Å². The average molecular weight is 204 g/mol. The van der Waals surface area contributed by atoms with Crippen molar-refractivity contribution in [3.8, 4) is 6.07 Å². The van der Waals surface area contributed by atoms with Crippen LogP contribution in [0.1, 0.15) is 11.1 Å². The third-order valence-electron chi connectivity index (χ3n) is 1.67. The van der Waals surface area contributed by atoms with E-state index in [-0.39, 0.29) is 0 Å². The zero-order chi connectivity index (χ0) is 10.9. The Labute approximate surface area is 76.6 Å². The van der Waals surface area contributed by atoms with Crippen LogP contribution in [-0.2, 0) is 6.54 Å². The van der Waals surface area contributed by atoms with E-state index < -0.39 is 40.9 Å². The standard InChI is InChI=1S/C8H4F4N2/c9-5-3(1-13)6(10)8(12)4(2-14)7(5)11/h1,13H2. The molecule has 0 aliphatic carbocycles. The fourth-order valence-electron chi connectivity index (χ4n) is 0.955. The first kappa shape index (κ1) is 10.5. The first-order valence-electron chi connectivity index (χ1n) is 3.49. The molecule has 1 aromatic rings. The van der Waals surface area contributed by atoms with Crippen LogP contribution in [0.5, 0.6) is 0 Å². The van der Waals surface area contributed by atoms with Gasteiger partial charge in [-0.2, -0.15) is 5.26 Å². The first-order chi connectivity index (χ1) is 6.54. The Hall–Kier alpha value is -1.61. The largest absolute Gasteiger partial charge is 0.326 e. The Morgan fingerprint density at radius 1 is 1.00 bits per heavy atom. The molecule has 0 atom stereocenters. The highest BCUT2D eigenvalue weighted by molar-refractivity contribution is 5.37. The van der Waals surface area contributed by atoms with Crippen molar-refractivity contribution in [2.24, 2.45) is 5.73 Å². The third-order valence-corrected chi connectivity index (χ3v) is 1.67. The highest BCUT2D eigenvalue weighted by Crippen LogP contribution is 2.22. The number of halogens is 4. The van der Waals surface area contributed by atoms with E-state index in [0.29, 0.717) is 0 Å². The van der Waals surface area contributed by atoms with Gasteiger partial charge in [-0.15, -0.1) is 0 Å². The molecule has 0 spiro atoms.